The van der Waals surface area contributed by atoms with Crippen LogP contribution < -0.4 is 5.32 Å². The number of hydrogen-bond donors (Lipinski definition) is 1. The average molecular weight is 353 g/mol. The molecular formula is C17H27N3O3S. The van der Waals surface area contributed by atoms with Crippen molar-refractivity contribution in [1.29, 1.82) is 0 Å². The molecule has 0 radical (unpaired) electrons. The largest absolute Gasteiger partial charge is 0.444 e. The molecule has 1 unspecified atom stereocenters. The zero-order chi connectivity index (χ0) is 17.9. The zero-order valence-corrected chi connectivity index (χ0v) is 15.9. The fourth-order valence-corrected chi connectivity index (χ4v) is 3.37. The number of hydrogen-bond acceptors (Lipinski definition) is 5. The summed E-state index contributed by atoms with van der Waals surface area (Å²) < 4.78 is 5.40. The lowest BCUT2D eigenvalue weighted by Crippen LogP contribution is -2.45. The van der Waals surface area contributed by atoms with Crippen molar-refractivity contribution in [1.82, 2.24) is 9.88 Å². The normalized spacial score (nSPS) is 18.6. The number of aromatic nitrogens is 1. The van der Waals surface area contributed by atoms with Gasteiger partial charge in [-0.1, -0.05) is 13.8 Å². The highest BCUT2D eigenvalue weighted by molar-refractivity contribution is 7.13. The molecule has 1 aromatic heterocycles. The molecule has 0 aliphatic carbocycles. The lowest BCUT2D eigenvalue weighted by molar-refractivity contribution is -0.121. The van der Waals surface area contributed by atoms with Gasteiger partial charge in [-0.05, 0) is 39.5 Å². The Labute approximate surface area is 147 Å². The molecule has 6 nitrogen and oxygen atoms in total. The number of ether oxygens (including phenoxy) is 1. The van der Waals surface area contributed by atoms with Crippen molar-refractivity contribution in [3.05, 3.63) is 11.1 Å². The summed E-state index contributed by atoms with van der Waals surface area (Å²) >= 11 is 1.44. The van der Waals surface area contributed by atoms with Crippen LogP contribution in [-0.2, 0) is 9.53 Å². The minimum atomic E-state index is -0.527. The van der Waals surface area contributed by atoms with E-state index >= 15 is 0 Å². The van der Waals surface area contributed by atoms with Crippen LogP contribution in [-0.4, -0.2) is 40.6 Å². The Morgan fingerprint density at radius 3 is 2.71 bits per heavy atom. The number of likely N-dealkylation sites (tertiary alicyclic amines) is 1. The van der Waals surface area contributed by atoms with Crippen LogP contribution in [0.3, 0.4) is 0 Å². The van der Waals surface area contributed by atoms with Crippen LogP contribution in [0.5, 0.6) is 0 Å². The summed E-state index contributed by atoms with van der Waals surface area (Å²) in [6.07, 6.45) is 1.22. The Hall–Kier alpha value is -1.63. The van der Waals surface area contributed by atoms with Gasteiger partial charge in [0.1, 0.15) is 5.60 Å². The third-order valence-electron chi connectivity index (χ3n) is 3.79. The van der Waals surface area contributed by atoms with Crippen LogP contribution in [0.4, 0.5) is 9.93 Å². The number of thiazole rings is 1. The zero-order valence-electron chi connectivity index (χ0n) is 15.1. The summed E-state index contributed by atoms with van der Waals surface area (Å²) in [5.41, 5.74) is 0.453. The molecule has 1 N–H and O–H groups in total. The standard InChI is InChI=1S/C17H27N3O3S/c1-11(2)13-10-24-15(18-13)19-14(21)12-7-6-8-20(9-12)16(22)23-17(3,4)5/h10-12H,6-9H2,1-5H3,(H,18,19,21). The monoisotopic (exact) mass is 353 g/mol. The van der Waals surface area contributed by atoms with Gasteiger partial charge in [-0.2, -0.15) is 0 Å². The quantitative estimate of drug-likeness (QED) is 0.896. The first-order valence-corrected chi connectivity index (χ1v) is 9.28. The third kappa shape index (κ3) is 5.19. The van der Waals surface area contributed by atoms with E-state index in [1.807, 2.05) is 26.2 Å². The van der Waals surface area contributed by atoms with Gasteiger partial charge in [-0.15, -0.1) is 11.3 Å². The second-order valence-corrected chi connectivity index (χ2v) is 8.35. The molecule has 0 spiro atoms. The molecule has 0 bridgehead atoms. The summed E-state index contributed by atoms with van der Waals surface area (Å²) in [5, 5.41) is 5.47. The summed E-state index contributed by atoms with van der Waals surface area (Å²) in [4.78, 5) is 30.7. The Morgan fingerprint density at radius 1 is 1.42 bits per heavy atom. The summed E-state index contributed by atoms with van der Waals surface area (Å²) in [6, 6.07) is 0. The Bertz CT molecular complexity index is 592. The molecule has 2 amide bonds. The smallest absolute Gasteiger partial charge is 0.410 e. The maximum absolute atomic E-state index is 12.5. The lowest BCUT2D eigenvalue weighted by Gasteiger charge is -2.33. The number of carbonyl (C=O) groups is 2. The molecule has 1 aliphatic rings. The maximum atomic E-state index is 12.5. The first-order chi connectivity index (χ1) is 11.2. The van der Waals surface area contributed by atoms with E-state index in [0.717, 1.165) is 18.5 Å². The molecule has 2 heterocycles. The maximum Gasteiger partial charge on any atom is 0.410 e. The van der Waals surface area contributed by atoms with E-state index in [1.165, 1.54) is 11.3 Å². The summed E-state index contributed by atoms with van der Waals surface area (Å²) in [5.74, 6) is 0.0369. The van der Waals surface area contributed by atoms with Gasteiger partial charge in [0.15, 0.2) is 5.13 Å². The number of amides is 2. The van der Waals surface area contributed by atoms with Crippen molar-refractivity contribution in [3.63, 3.8) is 0 Å². The first-order valence-electron chi connectivity index (χ1n) is 8.40. The average Bonchev–Trinajstić information content (AvgIpc) is 2.94. The van der Waals surface area contributed by atoms with Gasteiger partial charge in [-0.25, -0.2) is 9.78 Å². The Kier molecular flexibility index (Phi) is 5.85. The van der Waals surface area contributed by atoms with Gasteiger partial charge in [0, 0.05) is 18.5 Å². The minimum Gasteiger partial charge on any atom is -0.444 e. The van der Waals surface area contributed by atoms with E-state index in [0.29, 0.717) is 24.1 Å². The highest BCUT2D eigenvalue weighted by Crippen LogP contribution is 2.24. The van der Waals surface area contributed by atoms with E-state index < -0.39 is 5.60 Å². The van der Waals surface area contributed by atoms with E-state index in [1.54, 1.807) is 4.90 Å². The molecule has 1 saturated heterocycles. The second-order valence-electron chi connectivity index (χ2n) is 7.49. The van der Waals surface area contributed by atoms with Gasteiger partial charge >= 0.3 is 6.09 Å². The molecule has 0 aromatic carbocycles. The van der Waals surface area contributed by atoms with Gasteiger partial charge in [0.05, 0.1) is 11.6 Å². The second kappa shape index (κ2) is 7.51. The van der Waals surface area contributed by atoms with Crippen molar-refractivity contribution < 1.29 is 14.3 Å². The topological polar surface area (TPSA) is 71.5 Å². The van der Waals surface area contributed by atoms with Gasteiger partial charge in [0.2, 0.25) is 5.91 Å². The molecule has 7 heteroatoms. The van der Waals surface area contributed by atoms with Crippen molar-refractivity contribution in [2.45, 2.75) is 59.0 Å². The fourth-order valence-electron chi connectivity index (χ4n) is 2.50. The molecule has 1 atom stereocenters. The third-order valence-corrected chi connectivity index (χ3v) is 4.56. The van der Waals surface area contributed by atoms with E-state index in [2.05, 4.69) is 24.1 Å². The summed E-state index contributed by atoms with van der Waals surface area (Å²) in [7, 11) is 0. The van der Waals surface area contributed by atoms with E-state index in [-0.39, 0.29) is 17.9 Å². The minimum absolute atomic E-state index is 0.0760. The van der Waals surface area contributed by atoms with Crippen LogP contribution in [0.2, 0.25) is 0 Å². The van der Waals surface area contributed by atoms with Gasteiger partial charge < -0.3 is 15.0 Å². The molecule has 134 valence electrons. The molecule has 0 saturated carbocycles. The van der Waals surface area contributed by atoms with Crippen molar-refractivity contribution in [2.75, 3.05) is 18.4 Å². The van der Waals surface area contributed by atoms with Crippen LogP contribution in [0, 0.1) is 5.92 Å². The van der Waals surface area contributed by atoms with E-state index in [4.69, 9.17) is 4.74 Å². The van der Waals surface area contributed by atoms with Crippen molar-refractivity contribution >= 4 is 28.5 Å². The molecule has 2 rings (SSSR count). The Balaban J connectivity index is 1.93. The first kappa shape index (κ1) is 18.7. The Morgan fingerprint density at radius 2 is 2.12 bits per heavy atom. The van der Waals surface area contributed by atoms with Gasteiger partial charge in [-0.3, -0.25) is 4.79 Å². The van der Waals surface area contributed by atoms with Crippen LogP contribution >= 0.6 is 11.3 Å². The lowest BCUT2D eigenvalue weighted by atomic mass is 9.97. The summed E-state index contributed by atoms with van der Waals surface area (Å²) in [6.45, 7) is 10.7. The number of piperidine rings is 1. The van der Waals surface area contributed by atoms with Crippen molar-refractivity contribution in [3.8, 4) is 0 Å². The van der Waals surface area contributed by atoms with Gasteiger partial charge in [0.25, 0.3) is 0 Å². The fraction of sp³-hybridized carbons (Fsp3) is 0.706. The van der Waals surface area contributed by atoms with Crippen LogP contribution in [0.25, 0.3) is 0 Å². The highest BCUT2D eigenvalue weighted by Gasteiger charge is 2.31. The molecule has 1 aromatic rings. The predicted octanol–water partition coefficient (Wildman–Crippen LogP) is 3.85. The highest BCUT2D eigenvalue weighted by atomic mass is 32.1. The molecule has 24 heavy (non-hydrogen) atoms. The SMILES string of the molecule is CC(C)c1csc(NC(=O)C2CCCN(C(=O)OC(C)(C)C)C2)n1. The number of anilines is 1. The number of rotatable bonds is 3. The number of nitrogens with zero attached hydrogens (tertiary/aromatic N) is 2. The number of carbonyl (C=O) groups excluding carboxylic acids is 2. The predicted molar refractivity (Wildman–Crippen MR) is 95.4 cm³/mol. The van der Waals surface area contributed by atoms with Crippen molar-refractivity contribution in [2.24, 2.45) is 5.92 Å². The van der Waals surface area contributed by atoms with Crippen LogP contribution in [0.1, 0.15) is 59.1 Å². The molecule has 1 aliphatic heterocycles. The number of nitrogens with one attached hydrogen (secondary N) is 1. The van der Waals surface area contributed by atoms with E-state index in [9.17, 15) is 9.59 Å². The van der Waals surface area contributed by atoms with Crippen LogP contribution in [0.15, 0.2) is 5.38 Å². The molecular weight excluding hydrogens is 326 g/mol. The molecule has 1 fully saturated rings.